The van der Waals surface area contributed by atoms with Crippen molar-refractivity contribution in [1.82, 2.24) is 0 Å². The van der Waals surface area contributed by atoms with E-state index in [0.717, 1.165) is 12.8 Å². The highest BCUT2D eigenvalue weighted by Gasteiger charge is 2.04. The molecule has 0 atom stereocenters. The number of rotatable bonds is 20. The lowest BCUT2D eigenvalue weighted by atomic mass is 10.1. The first-order chi connectivity index (χ1) is 13.6. The fourth-order valence-electron chi connectivity index (χ4n) is 2.31. The molecule has 0 aromatic carbocycles. The molecule has 0 spiro atoms. The molecule has 0 aliphatic heterocycles. The summed E-state index contributed by atoms with van der Waals surface area (Å²) in [7, 11) is 0. The van der Waals surface area contributed by atoms with Crippen LogP contribution < -0.4 is 0 Å². The summed E-state index contributed by atoms with van der Waals surface area (Å²) >= 11 is 0. The number of hydrogen-bond donors (Lipinski definition) is 1. The molecular weight excluding hydrogens is 368 g/mol. The Hall–Kier alpha value is -1.67. The number of carbonyl (C=O) groups excluding carboxylic acids is 2. The fourth-order valence-corrected chi connectivity index (χ4v) is 2.31. The molecule has 0 fully saturated rings. The van der Waals surface area contributed by atoms with Crippen LogP contribution in [0.2, 0.25) is 0 Å². The van der Waals surface area contributed by atoms with Gasteiger partial charge in [0.1, 0.15) is 13.2 Å². The van der Waals surface area contributed by atoms with Gasteiger partial charge in [-0.1, -0.05) is 32.6 Å². The SMILES string of the molecule is CCCCCCCC(=O)OCCOCCOCCOC(=O)CCCCC(=O)O. The second-order valence-corrected chi connectivity index (χ2v) is 6.43. The van der Waals surface area contributed by atoms with Gasteiger partial charge in [-0.15, -0.1) is 0 Å². The van der Waals surface area contributed by atoms with Crippen molar-refractivity contribution in [3.05, 3.63) is 0 Å². The van der Waals surface area contributed by atoms with Crippen molar-refractivity contribution < 1.29 is 38.4 Å². The second kappa shape index (κ2) is 20.1. The van der Waals surface area contributed by atoms with E-state index in [0.29, 0.717) is 39.1 Å². The summed E-state index contributed by atoms with van der Waals surface area (Å²) in [5.74, 6) is -1.39. The summed E-state index contributed by atoms with van der Waals surface area (Å²) in [5.41, 5.74) is 0. The first-order valence-corrected chi connectivity index (χ1v) is 10.2. The van der Waals surface area contributed by atoms with E-state index in [1.165, 1.54) is 19.3 Å². The first-order valence-electron chi connectivity index (χ1n) is 10.2. The predicted molar refractivity (Wildman–Crippen MR) is 103 cm³/mol. The molecule has 0 aliphatic carbocycles. The molecule has 0 amide bonds. The highest BCUT2D eigenvalue weighted by Crippen LogP contribution is 2.05. The molecule has 0 bridgehead atoms. The fraction of sp³-hybridized carbons (Fsp3) is 0.850. The van der Waals surface area contributed by atoms with Gasteiger partial charge in [0.25, 0.3) is 0 Å². The Balaban J connectivity index is 3.25. The third-order valence-electron chi connectivity index (χ3n) is 3.86. The molecule has 28 heavy (non-hydrogen) atoms. The second-order valence-electron chi connectivity index (χ2n) is 6.43. The van der Waals surface area contributed by atoms with E-state index in [2.05, 4.69) is 6.92 Å². The predicted octanol–water partition coefficient (Wildman–Crippen LogP) is 3.11. The van der Waals surface area contributed by atoms with E-state index < -0.39 is 5.97 Å². The lowest BCUT2D eigenvalue weighted by Gasteiger charge is -2.08. The minimum Gasteiger partial charge on any atom is -0.481 e. The largest absolute Gasteiger partial charge is 0.481 e. The van der Waals surface area contributed by atoms with E-state index in [4.69, 9.17) is 24.1 Å². The van der Waals surface area contributed by atoms with Crippen molar-refractivity contribution >= 4 is 17.9 Å². The Kier molecular flexibility index (Phi) is 18.9. The number of carbonyl (C=O) groups is 3. The summed E-state index contributed by atoms with van der Waals surface area (Å²) in [4.78, 5) is 33.2. The van der Waals surface area contributed by atoms with Crippen LogP contribution in [0, 0.1) is 0 Å². The molecule has 8 heteroatoms. The van der Waals surface area contributed by atoms with Crippen molar-refractivity contribution in [3.63, 3.8) is 0 Å². The van der Waals surface area contributed by atoms with E-state index in [-0.39, 0.29) is 44.6 Å². The van der Waals surface area contributed by atoms with Gasteiger partial charge in [0.05, 0.1) is 26.4 Å². The molecule has 0 saturated carbocycles. The molecule has 0 aromatic heterocycles. The average molecular weight is 405 g/mol. The zero-order valence-electron chi connectivity index (χ0n) is 17.1. The molecule has 0 unspecified atom stereocenters. The molecule has 0 aromatic rings. The summed E-state index contributed by atoms with van der Waals surface area (Å²) < 4.78 is 20.6. The van der Waals surface area contributed by atoms with Gasteiger partial charge < -0.3 is 24.1 Å². The summed E-state index contributed by atoms with van der Waals surface area (Å²) in [6.07, 6.45) is 7.22. The number of carboxylic acid groups (broad SMARTS) is 1. The zero-order valence-corrected chi connectivity index (χ0v) is 17.1. The van der Waals surface area contributed by atoms with Crippen LogP contribution in [0.3, 0.4) is 0 Å². The highest BCUT2D eigenvalue weighted by atomic mass is 16.6. The van der Waals surface area contributed by atoms with E-state index in [1.54, 1.807) is 0 Å². The van der Waals surface area contributed by atoms with Crippen molar-refractivity contribution in [2.75, 3.05) is 39.6 Å². The lowest BCUT2D eigenvalue weighted by Crippen LogP contribution is -2.15. The Labute approximate surface area is 167 Å². The summed E-state index contributed by atoms with van der Waals surface area (Å²) in [6.45, 7) is 3.90. The number of aliphatic carboxylic acids is 1. The Morgan fingerprint density at radius 2 is 1.04 bits per heavy atom. The van der Waals surface area contributed by atoms with Gasteiger partial charge in [-0.25, -0.2) is 0 Å². The number of hydrogen-bond acceptors (Lipinski definition) is 7. The summed E-state index contributed by atoms with van der Waals surface area (Å²) in [6, 6.07) is 0. The van der Waals surface area contributed by atoms with Crippen molar-refractivity contribution in [1.29, 1.82) is 0 Å². The number of esters is 2. The molecule has 8 nitrogen and oxygen atoms in total. The van der Waals surface area contributed by atoms with Crippen LogP contribution in [0.15, 0.2) is 0 Å². The molecule has 0 rings (SSSR count). The van der Waals surface area contributed by atoms with Crippen LogP contribution in [0.5, 0.6) is 0 Å². The zero-order chi connectivity index (χ0) is 20.9. The standard InChI is InChI=1S/C20H36O8/c1-2-3-4-5-6-10-19(23)27-16-14-25-12-13-26-15-17-28-20(24)11-8-7-9-18(21)22/h2-17H2,1H3,(H,21,22). The Bertz CT molecular complexity index is 411. The minimum absolute atomic E-state index is 0.0641. The van der Waals surface area contributed by atoms with Gasteiger partial charge in [-0.05, 0) is 19.3 Å². The maximum absolute atomic E-state index is 11.5. The molecule has 0 radical (unpaired) electrons. The van der Waals surface area contributed by atoms with E-state index in [1.807, 2.05) is 0 Å². The molecule has 0 heterocycles. The van der Waals surface area contributed by atoms with Gasteiger partial charge in [0, 0.05) is 19.3 Å². The quantitative estimate of drug-likeness (QED) is 0.244. The lowest BCUT2D eigenvalue weighted by molar-refractivity contribution is -0.147. The van der Waals surface area contributed by atoms with E-state index >= 15 is 0 Å². The normalized spacial score (nSPS) is 10.6. The van der Waals surface area contributed by atoms with Gasteiger partial charge >= 0.3 is 17.9 Å². The molecule has 164 valence electrons. The van der Waals surface area contributed by atoms with Crippen LogP contribution in [0.25, 0.3) is 0 Å². The Morgan fingerprint density at radius 3 is 1.54 bits per heavy atom. The van der Waals surface area contributed by atoms with E-state index in [9.17, 15) is 14.4 Å². The minimum atomic E-state index is -0.861. The maximum atomic E-state index is 11.5. The van der Waals surface area contributed by atoms with Crippen LogP contribution in [-0.2, 0) is 33.3 Å². The molecule has 0 aliphatic rings. The number of carboxylic acids is 1. The van der Waals surface area contributed by atoms with Gasteiger partial charge in [0.2, 0.25) is 0 Å². The monoisotopic (exact) mass is 404 g/mol. The Morgan fingerprint density at radius 1 is 0.607 bits per heavy atom. The molecule has 0 saturated heterocycles. The third kappa shape index (κ3) is 20.6. The van der Waals surface area contributed by atoms with Crippen LogP contribution in [-0.4, -0.2) is 62.7 Å². The maximum Gasteiger partial charge on any atom is 0.305 e. The third-order valence-corrected chi connectivity index (χ3v) is 3.86. The number of unbranched alkanes of at least 4 members (excludes halogenated alkanes) is 5. The highest BCUT2D eigenvalue weighted by molar-refractivity contribution is 5.70. The smallest absolute Gasteiger partial charge is 0.305 e. The van der Waals surface area contributed by atoms with Crippen LogP contribution >= 0.6 is 0 Å². The van der Waals surface area contributed by atoms with Gasteiger partial charge in [-0.3, -0.25) is 14.4 Å². The molecule has 1 N–H and O–H groups in total. The number of ether oxygens (including phenoxy) is 4. The molecular formula is C20H36O8. The van der Waals surface area contributed by atoms with Crippen molar-refractivity contribution in [3.8, 4) is 0 Å². The van der Waals surface area contributed by atoms with Gasteiger partial charge in [-0.2, -0.15) is 0 Å². The summed E-state index contributed by atoms with van der Waals surface area (Å²) in [5, 5.41) is 8.48. The van der Waals surface area contributed by atoms with Crippen molar-refractivity contribution in [2.45, 2.75) is 71.1 Å². The first kappa shape index (κ1) is 26.3. The van der Waals surface area contributed by atoms with Crippen LogP contribution in [0.4, 0.5) is 0 Å². The average Bonchev–Trinajstić information content (AvgIpc) is 2.66. The van der Waals surface area contributed by atoms with Crippen LogP contribution in [0.1, 0.15) is 71.1 Å². The van der Waals surface area contributed by atoms with Gasteiger partial charge in [0.15, 0.2) is 0 Å². The van der Waals surface area contributed by atoms with Crippen molar-refractivity contribution in [2.24, 2.45) is 0 Å². The topological polar surface area (TPSA) is 108 Å².